The molecule has 4 heteroatoms. The van der Waals surface area contributed by atoms with Crippen molar-refractivity contribution in [2.24, 2.45) is 5.92 Å². The first-order valence-corrected chi connectivity index (χ1v) is 6.42. The van der Waals surface area contributed by atoms with Crippen molar-refractivity contribution in [1.29, 1.82) is 0 Å². The Labute approximate surface area is 113 Å². The quantitative estimate of drug-likeness (QED) is 0.730. The monoisotopic (exact) mass is 261 g/mol. The molecule has 1 aliphatic heterocycles. The molecule has 1 heterocycles. The summed E-state index contributed by atoms with van der Waals surface area (Å²) in [6.07, 6.45) is -0.565. The van der Waals surface area contributed by atoms with Gasteiger partial charge in [-0.1, -0.05) is 37.3 Å². The van der Waals surface area contributed by atoms with Gasteiger partial charge in [-0.2, -0.15) is 0 Å². The van der Waals surface area contributed by atoms with Gasteiger partial charge >= 0.3 is 6.09 Å². The highest BCUT2D eigenvalue weighted by atomic mass is 16.6. The van der Waals surface area contributed by atoms with Crippen molar-refractivity contribution in [1.82, 2.24) is 4.90 Å². The molecule has 0 aliphatic carbocycles. The molecule has 1 aromatic carbocycles. The van der Waals surface area contributed by atoms with Crippen molar-refractivity contribution in [3.63, 3.8) is 0 Å². The van der Waals surface area contributed by atoms with Gasteiger partial charge in [0.05, 0.1) is 12.0 Å². The molecule has 0 N–H and O–H groups in total. The van der Waals surface area contributed by atoms with E-state index in [0.29, 0.717) is 0 Å². The Bertz CT molecular complexity index is 490. The summed E-state index contributed by atoms with van der Waals surface area (Å²) in [4.78, 5) is 25.2. The highest BCUT2D eigenvalue weighted by Crippen LogP contribution is 2.40. The summed E-state index contributed by atoms with van der Waals surface area (Å²) >= 11 is 0. The highest BCUT2D eigenvalue weighted by molar-refractivity contribution is 5.99. The molecule has 1 aliphatic rings. The van der Waals surface area contributed by atoms with Crippen molar-refractivity contribution in [2.45, 2.75) is 39.3 Å². The van der Waals surface area contributed by atoms with Gasteiger partial charge in [0.15, 0.2) is 0 Å². The van der Waals surface area contributed by atoms with Gasteiger partial charge in [-0.3, -0.25) is 4.79 Å². The Balaban J connectivity index is 2.20. The minimum Gasteiger partial charge on any atom is -0.443 e. The van der Waals surface area contributed by atoms with Gasteiger partial charge in [-0.15, -0.1) is 0 Å². The number of benzene rings is 1. The molecular formula is C15H19NO3. The number of ether oxygens (including phenoxy) is 1. The van der Waals surface area contributed by atoms with Crippen LogP contribution in [0.1, 0.15) is 39.3 Å². The van der Waals surface area contributed by atoms with Crippen molar-refractivity contribution < 1.29 is 14.3 Å². The Kier molecular flexibility index (Phi) is 3.35. The van der Waals surface area contributed by atoms with Crippen molar-refractivity contribution in [3.8, 4) is 0 Å². The fourth-order valence-corrected chi connectivity index (χ4v) is 2.24. The fraction of sp³-hybridized carbons (Fsp3) is 0.467. The van der Waals surface area contributed by atoms with E-state index in [9.17, 15) is 9.59 Å². The zero-order chi connectivity index (χ0) is 14.2. The molecule has 102 valence electrons. The standard InChI is InChI=1S/C15H19NO3/c1-10-12(11-8-6-5-7-9-11)16(13(10)17)14(18)19-15(2,3)4/h5-10,12H,1-4H3/t10-,12-/m1/s1. The number of imide groups is 1. The van der Waals surface area contributed by atoms with Crippen LogP contribution in [0.25, 0.3) is 0 Å². The molecule has 0 saturated carbocycles. The van der Waals surface area contributed by atoms with Crippen molar-refractivity contribution in [2.75, 3.05) is 0 Å². The van der Waals surface area contributed by atoms with E-state index in [1.165, 1.54) is 4.90 Å². The molecule has 4 nitrogen and oxygen atoms in total. The average Bonchev–Trinajstić information content (AvgIpc) is 2.33. The van der Waals surface area contributed by atoms with Crippen LogP contribution >= 0.6 is 0 Å². The second-order valence-electron chi connectivity index (χ2n) is 5.83. The molecule has 1 saturated heterocycles. The predicted molar refractivity (Wildman–Crippen MR) is 71.4 cm³/mol. The van der Waals surface area contributed by atoms with Gasteiger partial charge in [0.2, 0.25) is 5.91 Å². The van der Waals surface area contributed by atoms with E-state index in [0.717, 1.165) is 5.56 Å². The lowest BCUT2D eigenvalue weighted by Gasteiger charge is -2.44. The molecule has 2 rings (SSSR count). The molecule has 19 heavy (non-hydrogen) atoms. The highest BCUT2D eigenvalue weighted by Gasteiger charge is 2.50. The molecule has 0 spiro atoms. The Morgan fingerprint density at radius 2 is 1.79 bits per heavy atom. The Morgan fingerprint density at radius 3 is 2.32 bits per heavy atom. The third kappa shape index (κ3) is 2.62. The molecule has 2 atom stereocenters. The minimum absolute atomic E-state index is 0.178. The summed E-state index contributed by atoms with van der Waals surface area (Å²) in [6.45, 7) is 7.20. The molecule has 2 amide bonds. The number of hydrogen-bond acceptors (Lipinski definition) is 3. The largest absolute Gasteiger partial charge is 0.443 e. The molecule has 1 fully saturated rings. The van der Waals surface area contributed by atoms with Crippen LogP contribution < -0.4 is 0 Å². The van der Waals surface area contributed by atoms with Gasteiger partial charge < -0.3 is 4.74 Å². The summed E-state index contributed by atoms with van der Waals surface area (Å²) in [6, 6.07) is 9.34. The lowest BCUT2D eigenvalue weighted by molar-refractivity contribution is -0.153. The third-order valence-electron chi connectivity index (χ3n) is 3.11. The third-order valence-corrected chi connectivity index (χ3v) is 3.11. The van der Waals surface area contributed by atoms with Gasteiger partial charge in [-0.05, 0) is 26.3 Å². The van der Waals surface area contributed by atoms with Crippen LogP contribution in [0.5, 0.6) is 0 Å². The molecule has 1 aromatic rings. The second-order valence-corrected chi connectivity index (χ2v) is 5.83. The van der Waals surface area contributed by atoms with Crippen LogP contribution in [-0.4, -0.2) is 22.5 Å². The molecule has 0 radical (unpaired) electrons. The van der Waals surface area contributed by atoms with Crippen LogP contribution in [0.2, 0.25) is 0 Å². The van der Waals surface area contributed by atoms with Crippen LogP contribution in [-0.2, 0) is 9.53 Å². The second kappa shape index (κ2) is 4.68. The predicted octanol–water partition coefficient (Wildman–Crippen LogP) is 3.14. The number of amides is 2. The van der Waals surface area contributed by atoms with E-state index >= 15 is 0 Å². The Morgan fingerprint density at radius 1 is 1.21 bits per heavy atom. The normalized spacial score (nSPS) is 22.9. The number of nitrogens with zero attached hydrogens (tertiary/aromatic N) is 1. The van der Waals surface area contributed by atoms with Gasteiger partial charge in [0, 0.05) is 0 Å². The maximum Gasteiger partial charge on any atom is 0.417 e. The number of hydrogen-bond donors (Lipinski definition) is 0. The number of carbonyl (C=O) groups is 2. The summed E-state index contributed by atoms with van der Waals surface area (Å²) < 4.78 is 5.28. The first kappa shape index (κ1) is 13.6. The SMILES string of the molecule is C[C@H]1C(=O)N(C(=O)OC(C)(C)C)[C@H]1c1ccccc1. The minimum atomic E-state index is -0.600. The van der Waals surface area contributed by atoms with E-state index in [1.807, 2.05) is 37.3 Å². The van der Waals surface area contributed by atoms with E-state index in [-0.39, 0.29) is 17.9 Å². The Hall–Kier alpha value is -1.84. The molecule has 0 aromatic heterocycles. The summed E-state index contributed by atoms with van der Waals surface area (Å²) in [5.41, 5.74) is 0.359. The lowest BCUT2D eigenvalue weighted by Crippen LogP contribution is -2.57. The first-order chi connectivity index (χ1) is 8.81. The maximum atomic E-state index is 12.1. The molecule has 0 unspecified atom stereocenters. The van der Waals surface area contributed by atoms with E-state index in [1.54, 1.807) is 20.8 Å². The van der Waals surface area contributed by atoms with E-state index in [2.05, 4.69) is 0 Å². The van der Waals surface area contributed by atoms with E-state index in [4.69, 9.17) is 4.74 Å². The number of rotatable bonds is 1. The summed E-state index contributed by atoms with van der Waals surface area (Å²) in [7, 11) is 0. The average molecular weight is 261 g/mol. The summed E-state index contributed by atoms with van der Waals surface area (Å²) in [5, 5.41) is 0. The molecule has 0 bridgehead atoms. The molecular weight excluding hydrogens is 242 g/mol. The summed E-state index contributed by atoms with van der Waals surface area (Å²) in [5.74, 6) is -0.363. The van der Waals surface area contributed by atoms with Crippen LogP contribution in [0.4, 0.5) is 4.79 Å². The topological polar surface area (TPSA) is 46.6 Å². The number of likely N-dealkylation sites (tertiary alicyclic amines) is 1. The number of β-lactam (4-membered cyclic amide) rings is 1. The van der Waals surface area contributed by atoms with Gasteiger partial charge in [0.25, 0.3) is 0 Å². The van der Waals surface area contributed by atoms with E-state index < -0.39 is 11.7 Å². The van der Waals surface area contributed by atoms with Crippen molar-refractivity contribution in [3.05, 3.63) is 35.9 Å². The zero-order valence-electron chi connectivity index (χ0n) is 11.7. The maximum absolute atomic E-state index is 12.1. The fourth-order valence-electron chi connectivity index (χ4n) is 2.24. The van der Waals surface area contributed by atoms with Gasteiger partial charge in [0.1, 0.15) is 5.60 Å². The lowest BCUT2D eigenvalue weighted by atomic mass is 9.84. The van der Waals surface area contributed by atoms with Crippen LogP contribution in [0, 0.1) is 5.92 Å². The van der Waals surface area contributed by atoms with Crippen LogP contribution in [0.15, 0.2) is 30.3 Å². The first-order valence-electron chi connectivity index (χ1n) is 6.42. The zero-order valence-corrected chi connectivity index (χ0v) is 11.7. The number of carbonyl (C=O) groups excluding carboxylic acids is 2. The smallest absolute Gasteiger partial charge is 0.417 e. The van der Waals surface area contributed by atoms with Crippen LogP contribution in [0.3, 0.4) is 0 Å². The van der Waals surface area contributed by atoms with Gasteiger partial charge in [-0.25, -0.2) is 9.69 Å². The van der Waals surface area contributed by atoms with Crippen molar-refractivity contribution >= 4 is 12.0 Å².